The molecule has 0 aliphatic carbocycles. The van der Waals surface area contributed by atoms with Crippen LogP contribution in [0.3, 0.4) is 0 Å². The zero-order chi connectivity index (χ0) is 13.1. The second kappa shape index (κ2) is 5.55. The number of aryl methyl sites for hydroxylation is 2. The van der Waals surface area contributed by atoms with Crippen LogP contribution in [0.4, 0.5) is 0 Å². The van der Waals surface area contributed by atoms with Gasteiger partial charge in [-0.15, -0.1) is 0 Å². The largest absolute Gasteiger partial charge is 0.494 e. The maximum absolute atomic E-state index is 6.35. The Morgan fingerprint density at radius 1 is 1.39 bits per heavy atom. The molecule has 0 saturated carbocycles. The number of nitrogens with zero attached hydrogens (tertiary/aromatic N) is 1. The molecule has 1 heterocycles. The van der Waals surface area contributed by atoms with Crippen LogP contribution in [0, 0.1) is 6.92 Å². The molecule has 96 valence electrons. The van der Waals surface area contributed by atoms with E-state index in [1.807, 2.05) is 25.1 Å². The van der Waals surface area contributed by atoms with Crippen molar-refractivity contribution in [3.63, 3.8) is 0 Å². The number of hydrogen-bond acceptors (Lipinski definition) is 3. The first kappa shape index (κ1) is 13.1. The Bertz CT molecular complexity index is 569. The van der Waals surface area contributed by atoms with Crippen molar-refractivity contribution >= 4 is 22.5 Å². The van der Waals surface area contributed by atoms with E-state index in [9.17, 15) is 0 Å². The van der Waals surface area contributed by atoms with Gasteiger partial charge < -0.3 is 10.5 Å². The van der Waals surface area contributed by atoms with Gasteiger partial charge in [-0.2, -0.15) is 0 Å². The summed E-state index contributed by atoms with van der Waals surface area (Å²) in [5, 5.41) is 1.71. The average molecular weight is 265 g/mol. The standard InChI is InChI=1S/C14H17ClN2O/c1-9-8-11(15)13-10(4-3-7-16)5-6-12(18-2)14(13)17-9/h5-6,8H,3-4,7,16H2,1-2H3. The number of ether oxygens (including phenoxy) is 1. The van der Waals surface area contributed by atoms with Crippen molar-refractivity contribution in [1.82, 2.24) is 4.98 Å². The summed E-state index contributed by atoms with van der Waals surface area (Å²) in [5.74, 6) is 0.757. The molecule has 0 aliphatic heterocycles. The Morgan fingerprint density at radius 3 is 2.83 bits per heavy atom. The first-order valence-electron chi connectivity index (χ1n) is 6.00. The number of methoxy groups -OCH3 is 1. The normalized spacial score (nSPS) is 10.9. The molecule has 0 spiro atoms. The number of halogens is 1. The van der Waals surface area contributed by atoms with Gasteiger partial charge in [-0.3, -0.25) is 0 Å². The molecule has 2 N–H and O–H groups in total. The minimum absolute atomic E-state index is 0.671. The highest BCUT2D eigenvalue weighted by atomic mass is 35.5. The van der Waals surface area contributed by atoms with Gasteiger partial charge in [0.1, 0.15) is 11.3 Å². The topological polar surface area (TPSA) is 48.1 Å². The minimum atomic E-state index is 0.671. The number of aromatic nitrogens is 1. The molecular weight excluding hydrogens is 248 g/mol. The smallest absolute Gasteiger partial charge is 0.145 e. The van der Waals surface area contributed by atoms with Crippen molar-refractivity contribution in [1.29, 1.82) is 0 Å². The number of nitrogens with two attached hydrogens (primary N) is 1. The van der Waals surface area contributed by atoms with Crippen molar-refractivity contribution < 1.29 is 4.74 Å². The van der Waals surface area contributed by atoms with Gasteiger partial charge in [0, 0.05) is 11.1 Å². The SMILES string of the molecule is COc1ccc(CCCN)c2c(Cl)cc(C)nc12. The summed E-state index contributed by atoms with van der Waals surface area (Å²) in [5.41, 5.74) is 8.46. The van der Waals surface area contributed by atoms with Gasteiger partial charge in [0.15, 0.2) is 0 Å². The third-order valence-electron chi connectivity index (χ3n) is 2.96. The Morgan fingerprint density at radius 2 is 2.17 bits per heavy atom. The fourth-order valence-electron chi connectivity index (χ4n) is 2.12. The zero-order valence-electron chi connectivity index (χ0n) is 10.7. The Hall–Kier alpha value is -1.32. The van der Waals surface area contributed by atoms with E-state index in [4.69, 9.17) is 22.1 Å². The lowest BCUT2D eigenvalue weighted by Gasteiger charge is -2.11. The van der Waals surface area contributed by atoms with Crippen LogP contribution in [0.1, 0.15) is 17.7 Å². The molecule has 0 radical (unpaired) electrons. The van der Waals surface area contributed by atoms with E-state index >= 15 is 0 Å². The van der Waals surface area contributed by atoms with Crippen molar-refractivity contribution in [3.8, 4) is 5.75 Å². The van der Waals surface area contributed by atoms with E-state index in [1.165, 1.54) is 5.56 Å². The quantitative estimate of drug-likeness (QED) is 0.923. The molecule has 4 heteroatoms. The molecule has 2 rings (SSSR count). The van der Waals surface area contributed by atoms with Crippen LogP contribution in [0.15, 0.2) is 18.2 Å². The summed E-state index contributed by atoms with van der Waals surface area (Å²) in [7, 11) is 1.65. The number of pyridine rings is 1. The summed E-state index contributed by atoms with van der Waals surface area (Å²) in [6.45, 7) is 2.60. The highest BCUT2D eigenvalue weighted by Gasteiger charge is 2.11. The Balaban J connectivity index is 2.67. The average Bonchev–Trinajstić information content (AvgIpc) is 2.35. The van der Waals surface area contributed by atoms with Crippen LogP contribution in [-0.2, 0) is 6.42 Å². The third-order valence-corrected chi connectivity index (χ3v) is 3.26. The predicted octanol–water partition coefficient (Wildman–Crippen LogP) is 3.10. The fraction of sp³-hybridized carbons (Fsp3) is 0.357. The van der Waals surface area contributed by atoms with Gasteiger partial charge in [0.05, 0.1) is 12.1 Å². The molecule has 1 aromatic carbocycles. The van der Waals surface area contributed by atoms with Crippen LogP contribution in [-0.4, -0.2) is 18.6 Å². The number of rotatable bonds is 4. The van der Waals surface area contributed by atoms with Crippen LogP contribution in [0.25, 0.3) is 10.9 Å². The van der Waals surface area contributed by atoms with E-state index in [2.05, 4.69) is 4.98 Å². The molecule has 0 bridgehead atoms. The summed E-state index contributed by atoms with van der Waals surface area (Å²) in [6.07, 6.45) is 1.84. The number of benzene rings is 1. The van der Waals surface area contributed by atoms with Crippen LogP contribution >= 0.6 is 11.6 Å². The van der Waals surface area contributed by atoms with E-state index in [0.717, 1.165) is 40.2 Å². The Kier molecular flexibility index (Phi) is 4.04. The third kappa shape index (κ3) is 2.42. The van der Waals surface area contributed by atoms with Crippen molar-refractivity contribution in [2.75, 3.05) is 13.7 Å². The molecule has 2 aromatic rings. The molecular formula is C14H17ClN2O. The highest BCUT2D eigenvalue weighted by Crippen LogP contribution is 2.33. The molecule has 0 aliphatic rings. The molecule has 0 unspecified atom stereocenters. The van der Waals surface area contributed by atoms with Crippen LogP contribution < -0.4 is 10.5 Å². The Labute approximate surface area is 112 Å². The van der Waals surface area contributed by atoms with Gasteiger partial charge in [-0.05, 0) is 44.0 Å². The summed E-state index contributed by atoms with van der Waals surface area (Å²) >= 11 is 6.35. The van der Waals surface area contributed by atoms with Gasteiger partial charge in [0.25, 0.3) is 0 Å². The van der Waals surface area contributed by atoms with Crippen molar-refractivity contribution in [2.45, 2.75) is 19.8 Å². The van der Waals surface area contributed by atoms with E-state index < -0.39 is 0 Å². The van der Waals surface area contributed by atoms with Crippen LogP contribution in [0.2, 0.25) is 5.02 Å². The van der Waals surface area contributed by atoms with E-state index in [0.29, 0.717) is 6.54 Å². The van der Waals surface area contributed by atoms with E-state index in [-0.39, 0.29) is 0 Å². The fourth-order valence-corrected chi connectivity index (χ4v) is 2.49. The first-order chi connectivity index (χ1) is 8.67. The number of hydrogen-bond donors (Lipinski definition) is 1. The summed E-state index contributed by atoms with van der Waals surface area (Å²) in [4.78, 5) is 4.54. The lowest BCUT2D eigenvalue weighted by atomic mass is 10.0. The zero-order valence-corrected chi connectivity index (χ0v) is 11.4. The molecule has 0 fully saturated rings. The van der Waals surface area contributed by atoms with E-state index in [1.54, 1.807) is 7.11 Å². The second-order valence-corrected chi connectivity index (χ2v) is 4.70. The molecule has 0 saturated heterocycles. The summed E-state index contributed by atoms with van der Waals surface area (Å²) < 4.78 is 5.35. The van der Waals surface area contributed by atoms with Crippen LogP contribution in [0.5, 0.6) is 5.75 Å². The predicted molar refractivity (Wildman–Crippen MR) is 75.4 cm³/mol. The molecule has 0 atom stereocenters. The highest BCUT2D eigenvalue weighted by molar-refractivity contribution is 6.35. The lowest BCUT2D eigenvalue weighted by Crippen LogP contribution is -2.01. The van der Waals surface area contributed by atoms with Gasteiger partial charge >= 0.3 is 0 Å². The van der Waals surface area contributed by atoms with Gasteiger partial charge in [0.2, 0.25) is 0 Å². The van der Waals surface area contributed by atoms with Crippen molar-refractivity contribution in [2.24, 2.45) is 5.73 Å². The molecule has 1 aromatic heterocycles. The van der Waals surface area contributed by atoms with Gasteiger partial charge in [-0.25, -0.2) is 4.98 Å². The minimum Gasteiger partial charge on any atom is -0.494 e. The lowest BCUT2D eigenvalue weighted by molar-refractivity contribution is 0.418. The number of fused-ring (bicyclic) bond motifs is 1. The van der Waals surface area contributed by atoms with Crippen molar-refractivity contribution in [3.05, 3.63) is 34.5 Å². The molecule has 18 heavy (non-hydrogen) atoms. The molecule has 0 amide bonds. The first-order valence-corrected chi connectivity index (χ1v) is 6.38. The molecule has 3 nitrogen and oxygen atoms in total. The maximum atomic E-state index is 6.35. The maximum Gasteiger partial charge on any atom is 0.145 e. The monoisotopic (exact) mass is 264 g/mol. The summed E-state index contributed by atoms with van der Waals surface area (Å²) in [6, 6.07) is 5.87. The van der Waals surface area contributed by atoms with Gasteiger partial charge in [-0.1, -0.05) is 17.7 Å². The second-order valence-electron chi connectivity index (χ2n) is 4.29.